The topological polar surface area (TPSA) is 107 Å². The summed E-state index contributed by atoms with van der Waals surface area (Å²) in [5, 5.41) is 13.2. The molecule has 0 spiro atoms. The van der Waals surface area contributed by atoms with Crippen LogP contribution in [-0.2, 0) is 9.53 Å². The Balaban J connectivity index is 2.64. The monoisotopic (exact) mass is 291 g/mol. The summed E-state index contributed by atoms with van der Waals surface area (Å²) in [6.07, 6.45) is 0. The molecule has 0 aromatic heterocycles. The van der Waals surface area contributed by atoms with Gasteiger partial charge in [0.15, 0.2) is 0 Å². The normalized spacial score (nSPS) is 10.2. The number of ether oxygens (including phenoxy) is 1. The van der Waals surface area contributed by atoms with Crippen LogP contribution < -0.4 is 11.1 Å². The van der Waals surface area contributed by atoms with Gasteiger partial charge in [0, 0.05) is 6.54 Å². The van der Waals surface area contributed by atoms with E-state index in [4.69, 9.17) is 22.1 Å². The number of carbonyl (C=O) groups is 1. The van der Waals surface area contributed by atoms with Crippen molar-refractivity contribution in [3.8, 4) is 0 Å². The van der Waals surface area contributed by atoms with E-state index in [1.807, 2.05) is 0 Å². The van der Waals surface area contributed by atoms with E-state index in [0.717, 1.165) is 12.1 Å². The maximum atomic E-state index is 13.1. The third-order valence-electron chi connectivity index (χ3n) is 2.04. The van der Waals surface area contributed by atoms with Crippen LogP contribution in [0.4, 0.5) is 15.8 Å². The summed E-state index contributed by atoms with van der Waals surface area (Å²) in [7, 11) is 0. The molecule has 7 nitrogen and oxygen atoms in total. The zero-order valence-electron chi connectivity index (χ0n) is 9.69. The third kappa shape index (κ3) is 4.68. The highest BCUT2D eigenvalue weighted by molar-refractivity contribution is 6.31. The molecule has 3 N–H and O–H groups in total. The molecule has 9 heteroatoms. The minimum absolute atomic E-state index is 0.0686. The van der Waals surface area contributed by atoms with Crippen LogP contribution in [0.2, 0.25) is 5.02 Å². The molecule has 0 saturated carbocycles. The van der Waals surface area contributed by atoms with Gasteiger partial charge in [0.2, 0.25) is 5.91 Å². The Morgan fingerprint density at radius 3 is 2.84 bits per heavy atom. The zero-order chi connectivity index (χ0) is 14.4. The first kappa shape index (κ1) is 15.1. The van der Waals surface area contributed by atoms with Crippen LogP contribution in [0.3, 0.4) is 0 Å². The molecule has 0 fully saturated rings. The number of hydrogen-bond acceptors (Lipinski definition) is 5. The second-order valence-electron chi connectivity index (χ2n) is 3.49. The summed E-state index contributed by atoms with van der Waals surface area (Å²) >= 11 is 5.54. The van der Waals surface area contributed by atoms with Crippen molar-refractivity contribution in [3.05, 3.63) is 33.1 Å². The first-order valence-electron chi connectivity index (χ1n) is 5.15. The summed E-state index contributed by atoms with van der Waals surface area (Å²) in [4.78, 5) is 20.4. The van der Waals surface area contributed by atoms with Gasteiger partial charge in [-0.1, -0.05) is 11.6 Å². The molecule has 1 aromatic rings. The molecule has 104 valence electrons. The number of nitro groups is 1. The van der Waals surface area contributed by atoms with E-state index in [2.05, 4.69) is 5.32 Å². The van der Waals surface area contributed by atoms with E-state index >= 15 is 0 Å². The summed E-state index contributed by atoms with van der Waals surface area (Å²) < 4.78 is 18.0. The SMILES string of the molecule is NC(=O)COCCNc1cc(Cl)c(F)cc1[N+](=O)[O-]. The molecule has 0 aliphatic rings. The second-order valence-corrected chi connectivity index (χ2v) is 3.89. The Labute approximate surface area is 112 Å². The molecule has 0 saturated heterocycles. The van der Waals surface area contributed by atoms with Crippen molar-refractivity contribution in [2.24, 2.45) is 5.73 Å². The quantitative estimate of drug-likeness (QED) is 0.447. The predicted molar refractivity (Wildman–Crippen MR) is 66.6 cm³/mol. The minimum Gasteiger partial charge on any atom is -0.377 e. The third-order valence-corrected chi connectivity index (χ3v) is 2.33. The van der Waals surface area contributed by atoms with Gasteiger partial charge in [0.05, 0.1) is 22.6 Å². The van der Waals surface area contributed by atoms with Crippen molar-refractivity contribution >= 4 is 28.9 Å². The van der Waals surface area contributed by atoms with Gasteiger partial charge >= 0.3 is 0 Å². The Bertz CT molecular complexity index is 498. The lowest BCUT2D eigenvalue weighted by atomic mass is 10.2. The lowest BCUT2D eigenvalue weighted by Gasteiger charge is -2.08. The van der Waals surface area contributed by atoms with Crippen LogP contribution in [-0.4, -0.2) is 30.6 Å². The zero-order valence-corrected chi connectivity index (χ0v) is 10.4. The fourth-order valence-electron chi connectivity index (χ4n) is 1.26. The maximum Gasteiger partial charge on any atom is 0.295 e. The number of amides is 1. The van der Waals surface area contributed by atoms with Crippen molar-refractivity contribution < 1.29 is 18.8 Å². The average Bonchev–Trinajstić information content (AvgIpc) is 2.32. The van der Waals surface area contributed by atoms with E-state index in [1.165, 1.54) is 0 Å². The van der Waals surface area contributed by atoms with Crippen molar-refractivity contribution in [3.63, 3.8) is 0 Å². The molecular weight excluding hydrogens is 281 g/mol. The standard InChI is InChI=1S/C10H11ClFN3O4/c11-6-3-8(9(15(17)18)4-7(6)12)14-1-2-19-5-10(13)16/h3-4,14H,1-2,5H2,(H2,13,16). The van der Waals surface area contributed by atoms with Gasteiger partial charge in [-0.3, -0.25) is 14.9 Å². The smallest absolute Gasteiger partial charge is 0.295 e. The highest BCUT2D eigenvalue weighted by Gasteiger charge is 2.17. The number of hydrogen-bond donors (Lipinski definition) is 2. The molecule has 19 heavy (non-hydrogen) atoms. The van der Waals surface area contributed by atoms with Crippen molar-refractivity contribution in [1.29, 1.82) is 0 Å². The lowest BCUT2D eigenvalue weighted by molar-refractivity contribution is -0.384. The van der Waals surface area contributed by atoms with Gasteiger partial charge in [0.25, 0.3) is 5.69 Å². The van der Waals surface area contributed by atoms with Gasteiger partial charge in [-0.2, -0.15) is 0 Å². The van der Waals surface area contributed by atoms with Crippen molar-refractivity contribution in [2.75, 3.05) is 25.1 Å². The number of benzene rings is 1. The van der Waals surface area contributed by atoms with Gasteiger partial charge in [-0.25, -0.2) is 4.39 Å². The van der Waals surface area contributed by atoms with Crippen LogP contribution >= 0.6 is 11.6 Å². The fourth-order valence-corrected chi connectivity index (χ4v) is 1.42. The summed E-state index contributed by atoms with van der Waals surface area (Å²) in [5.74, 6) is -1.49. The van der Waals surface area contributed by atoms with Crippen molar-refractivity contribution in [1.82, 2.24) is 0 Å². The Morgan fingerprint density at radius 1 is 1.58 bits per heavy atom. The maximum absolute atomic E-state index is 13.1. The van der Waals surface area contributed by atoms with Crippen LogP contribution in [0.25, 0.3) is 0 Å². The Morgan fingerprint density at radius 2 is 2.26 bits per heavy atom. The predicted octanol–water partition coefficient (Wildman–Crippen LogP) is 1.30. The second kappa shape index (κ2) is 6.86. The highest BCUT2D eigenvalue weighted by Crippen LogP contribution is 2.29. The van der Waals surface area contributed by atoms with Gasteiger partial charge in [0.1, 0.15) is 18.1 Å². The lowest BCUT2D eigenvalue weighted by Crippen LogP contribution is -2.20. The fraction of sp³-hybridized carbons (Fsp3) is 0.300. The van der Waals surface area contributed by atoms with Gasteiger partial charge < -0.3 is 15.8 Å². The number of nitro benzene ring substituents is 1. The van der Waals surface area contributed by atoms with E-state index in [-0.39, 0.29) is 30.5 Å². The molecule has 0 unspecified atom stereocenters. The molecule has 1 amide bonds. The largest absolute Gasteiger partial charge is 0.377 e. The molecule has 1 rings (SSSR count). The first-order valence-corrected chi connectivity index (χ1v) is 5.53. The minimum atomic E-state index is -0.871. The number of anilines is 1. The molecular formula is C10H11ClFN3O4. The molecule has 0 aliphatic carbocycles. The molecule has 0 atom stereocenters. The Hall–Kier alpha value is -1.93. The molecule has 0 radical (unpaired) electrons. The average molecular weight is 292 g/mol. The van der Waals surface area contributed by atoms with Crippen molar-refractivity contribution in [2.45, 2.75) is 0 Å². The summed E-state index contributed by atoms with van der Waals surface area (Å²) in [5.41, 5.74) is 4.49. The van der Waals surface area contributed by atoms with Crippen LogP contribution in [0.1, 0.15) is 0 Å². The Kier molecular flexibility index (Phi) is 5.46. The molecule has 1 aromatic carbocycles. The number of primary amides is 1. The molecule has 0 heterocycles. The first-order chi connectivity index (χ1) is 8.91. The molecule has 0 aliphatic heterocycles. The summed E-state index contributed by atoms with van der Waals surface area (Å²) in [6, 6.07) is 1.85. The summed E-state index contributed by atoms with van der Waals surface area (Å²) in [6.45, 7) is 0.0408. The van der Waals surface area contributed by atoms with E-state index in [0.29, 0.717) is 0 Å². The van der Waals surface area contributed by atoms with Crippen LogP contribution in [0, 0.1) is 15.9 Å². The van der Waals surface area contributed by atoms with E-state index in [1.54, 1.807) is 0 Å². The number of halogens is 2. The molecule has 0 bridgehead atoms. The van der Waals surface area contributed by atoms with E-state index < -0.39 is 22.3 Å². The van der Waals surface area contributed by atoms with Crippen LogP contribution in [0.5, 0.6) is 0 Å². The van der Waals surface area contributed by atoms with Gasteiger partial charge in [-0.05, 0) is 6.07 Å². The highest BCUT2D eigenvalue weighted by atomic mass is 35.5. The number of rotatable bonds is 7. The number of nitrogens with two attached hydrogens (primary N) is 1. The number of nitrogens with zero attached hydrogens (tertiary/aromatic N) is 1. The van der Waals surface area contributed by atoms with Gasteiger partial charge in [-0.15, -0.1) is 0 Å². The van der Waals surface area contributed by atoms with E-state index in [9.17, 15) is 19.3 Å². The van der Waals surface area contributed by atoms with Crippen LogP contribution in [0.15, 0.2) is 12.1 Å². The number of carbonyl (C=O) groups excluding carboxylic acids is 1. The number of nitrogens with one attached hydrogen (secondary N) is 1.